The fraction of sp³-hybridized carbons (Fsp3) is 0.571. The maximum absolute atomic E-state index is 11.8. The van der Waals surface area contributed by atoms with Gasteiger partial charge in [-0.25, -0.2) is 0 Å². The van der Waals surface area contributed by atoms with E-state index in [2.05, 4.69) is 21.3 Å². The SMILES string of the molecule is CC(=O)CNC(=O)[C@H](C)NC(=O)CNC(=O)[C@H](CC(=O)O)NC(C)=O. The molecule has 0 aromatic rings. The summed E-state index contributed by atoms with van der Waals surface area (Å²) >= 11 is 0. The van der Waals surface area contributed by atoms with E-state index in [4.69, 9.17) is 5.11 Å². The maximum atomic E-state index is 11.8. The van der Waals surface area contributed by atoms with Gasteiger partial charge in [0.05, 0.1) is 19.5 Å². The second kappa shape index (κ2) is 10.7. The molecule has 0 saturated heterocycles. The van der Waals surface area contributed by atoms with Crippen LogP contribution in [0.5, 0.6) is 0 Å². The van der Waals surface area contributed by atoms with Crippen molar-refractivity contribution in [2.75, 3.05) is 13.1 Å². The molecule has 0 aliphatic heterocycles. The van der Waals surface area contributed by atoms with Crippen molar-refractivity contribution in [3.8, 4) is 0 Å². The van der Waals surface area contributed by atoms with Crippen molar-refractivity contribution in [2.45, 2.75) is 39.3 Å². The average molecular weight is 358 g/mol. The summed E-state index contributed by atoms with van der Waals surface area (Å²) in [6.07, 6.45) is -0.642. The Labute approximate surface area is 143 Å². The van der Waals surface area contributed by atoms with Gasteiger partial charge in [0.2, 0.25) is 23.6 Å². The third-order valence-corrected chi connectivity index (χ3v) is 2.78. The van der Waals surface area contributed by atoms with E-state index >= 15 is 0 Å². The number of aliphatic carboxylic acids is 1. The summed E-state index contributed by atoms with van der Waals surface area (Å²) in [5, 5.41) is 17.7. The van der Waals surface area contributed by atoms with Crippen LogP contribution in [-0.4, -0.2) is 65.7 Å². The van der Waals surface area contributed by atoms with E-state index in [0.29, 0.717) is 0 Å². The molecule has 140 valence electrons. The molecule has 11 heteroatoms. The van der Waals surface area contributed by atoms with Gasteiger partial charge in [0.25, 0.3) is 0 Å². The summed E-state index contributed by atoms with van der Waals surface area (Å²) in [7, 11) is 0. The van der Waals surface area contributed by atoms with Gasteiger partial charge in [-0.2, -0.15) is 0 Å². The number of carbonyl (C=O) groups excluding carboxylic acids is 5. The van der Waals surface area contributed by atoms with Crippen molar-refractivity contribution in [2.24, 2.45) is 0 Å². The molecule has 0 radical (unpaired) electrons. The van der Waals surface area contributed by atoms with Crippen molar-refractivity contribution >= 4 is 35.4 Å². The monoisotopic (exact) mass is 358 g/mol. The van der Waals surface area contributed by atoms with Crippen LogP contribution < -0.4 is 21.3 Å². The van der Waals surface area contributed by atoms with Gasteiger partial charge in [0.15, 0.2) is 0 Å². The second-order valence-corrected chi connectivity index (χ2v) is 5.28. The standard InChI is InChI=1S/C14H22N4O7/c1-7(19)5-15-13(24)8(2)17-11(21)6-16-14(25)10(4-12(22)23)18-9(3)20/h8,10H,4-6H2,1-3H3,(H,15,24)(H,16,25)(H,17,21)(H,18,20)(H,22,23)/t8-,10-/m0/s1. The molecule has 0 spiro atoms. The molecule has 0 aromatic carbocycles. The number of hydrogen-bond acceptors (Lipinski definition) is 6. The lowest BCUT2D eigenvalue weighted by Gasteiger charge is -2.17. The fourth-order valence-corrected chi connectivity index (χ4v) is 1.64. The number of rotatable bonds is 10. The van der Waals surface area contributed by atoms with Crippen molar-refractivity contribution in [3.05, 3.63) is 0 Å². The number of nitrogens with one attached hydrogen (secondary N) is 4. The summed E-state index contributed by atoms with van der Waals surface area (Å²) in [4.78, 5) is 67.5. The predicted octanol–water partition coefficient (Wildman–Crippen LogP) is -2.71. The van der Waals surface area contributed by atoms with Gasteiger partial charge in [-0.1, -0.05) is 0 Å². The minimum absolute atomic E-state index is 0.163. The van der Waals surface area contributed by atoms with Gasteiger partial charge < -0.3 is 26.4 Å². The third kappa shape index (κ3) is 10.4. The molecule has 0 aliphatic carbocycles. The highest BCUT2D eigenvalue weighted by atomic mass is 16.4. The molecular formula is C14H22N4O7. The highest BCUT2D eigenvalue weighted by molar-refractivity contribution is 5.94. The van der Waals surface area contributed by atoms with Crippen molar-refractivity contribution < 1.29 is 33.9 Å². The Morgan fingerprint density at radius 2 is 1.44 bits per heavy atom. The minimum Gasteiger partial charge on any atom is -0.481 e. The van der Waals surface area contributed by atoms with Crippen LogP contribution in [0, 0.1) is 0 Å². The summed E-state index contributed by atoms with van der Waals surface area (Å²) in [6, 6.07) is -2.26. The molecule has 25 heavy (non-hydrogen) atoms. The maximum Gasteiger partial charge on any atom is 0.305 e. The quantitative estimate of drug-likeness (QED) is 0.282. The summed E-state index contributed by atoms with van der Waals surface area (Å²) in [6.45, 7) is 3.12. The van der Waals surface area contributed by atoms with Gasteiger partial charge >= 0.3 is 5.97 Å². The zero-order valence-corrected chi connectivity index (χ0v) is 14.2. The van der Waals surface area contributed by atoms with E-state index in [1.54, 1.807) is 0 Å². The first-order valence-corrected chi connectivity index (χ1v) is 7.36. The van der Waals surface area contributed by atoms with E-state index in [-0.39, 0.29) is 12.3 Å². The molecule has 0 fully saturated rings. The van der Waals surface area contributed by atoms with Gasteiger partial charge in [0, 0.05) is 6.92 Å². The molecule has 5 N–H and O–H groups in total. The first kappa shape index (κ1) is 22.0. The van der Waals surface area contributed by atoms with Crippen LogP contribution in [-0.2, 0) is 28.8 Å². The van der Waals surface area contributed by atoms with Gasteiger partial charge in [-0.15, -0.1) is 0 Å². The lowest BCUT2D eigenvalue weighted by Crippen LogP contribution is -2.51. The van der Waals surface area contributed by atoms with Crippen LogP contribution in [0.2, 0.25) is 0 Å². The Morgan fingerprint density at radius 1 is 0.880 bits per heavy atom. The molecule has 0 rings (SSSR count). The normalized spacial score (nSPS) is 12.3. The van der Waals surface area contributed by atoms with E-state index < -0.39 is 54.6 Å². The molecule has 0 aromatic heterocycles. The fourth-order valence-electron chi connectivity index (χ4n) is 1.64. The molecule has 0 heterocycles. The number of carbonyl (C=O) groups is 6. The van der Waals surface area contributed by atoms with Crippen molar-refractivity contribution in [3.63, 3.8) is 0 Å². The van der Waals surface area contributed by atoms with Gasteiger partial charge in [-0.3, -0.25) is 28.8 Å². The Morgan fingerprint density at radius 3 is 1.92 bits per heavy atom. The summed E-state index contributed by atoms with van der Waals surface area (Å²) < 4.78 is 0. The van der Waals surface area contributed by atoms with Gasteiger partial charge in [0.1, 0.15) is 17.9 Å². The van der Waals surface area contributed by atoms with Crippen LogP contribution >= 0.6 is 0 Å². The van der Waals surface area contributed by atoms with Gasteiger partial charge in [-0.05, 0) is 13.8 Å². The largest absolute Gasteiger partial charge is 0.481 e. The number of hydrogen-bond donors (Lipinski definition) is 5. The van der Waals surface area contributed by atoms with Crippen LogP contribution in [0.3, 0.4) is 0 Å². The van der Waals surface area contributed by atoms with E-state index in [9.17, 15) is 28.8 Å². The molecule has 4 amide bonds. The van der Waals surface area contributed by atoms with Crippen molar-refractivity contribution in [1.29, 1.82) is 0 Å². The number of carboxylic acid groups (broad SMARTS) is 1. The topological polar surface area (TPSA) is 171 Å². The Kier molecular flexibility index (Phi) is 9.45. The molecule has 2 atom stereocenters. The lowest BCUT2D eigenvalue weighted by atomic mass is 10.2. The van der Waals surface area contributed by atoms with Crippen molar-refractivity contribution in [1.82, 2.24) is 21.3 Å². The average Bonchev–Trinajstić information content (AvgIpc) is 2.48. The third-order valence-electron chi connectivity index (χ3n) is 2.78. The predicted molar refractivity (Wildman–Crippen MR) is 84.2 cm³/mol. The summed E-state index contributed by atoms with van der Waals surface area (Å²) in [5.41, 5.74) is 0. The number of Topliss-reactive ketones (excluding diaryl/α,β-unsaturated/α-hetero) is 1. The second-order valence-electron chi connectivity index (χ2n) is 5.28. The zero-order valence-electron chi connectivity index (χ0n) is 14.2. The molecule has 0 bridgehead atoms. The minimum atomic E-state index is -1.32. The first-order chi connectivity index (χ1) is 11.5. The number of carboxylic acids is 1. The first-order valence-electron chi connectivity index (χ1n) is 7.36. The highest BCUT2D eigenvalue weighted by Crippen LogP contribution is 1.93. The Hall–Kier alpha value is -2.98. The number of ketones is 1. The Bertz CT molecular complexity index is 545. The van der Waals surface area contributed by atoms with E-state index in [0.717, 1.165) is 6.92 Å². The highest BCUT2D eigenvalue weighted by Gasteiger charge is 2.23. The lowest BCUT2D eigenvalue weighted by molar-refractivity contribution is -0.140. The molecule has 0 saturated carbocycles. The smallest absolute Gasteiger partial charge is 0.305 e. The molecule has 0 aliphatic rings. The zero-order chi connectivity index (χ0) is 19.6. The van der Waals surface area contributed by atoms with Crippen LogP contribution in [0.4, 0.5) is 0 Å². The molecular weight excluding hydrogens is 336 g/mol. The van der Waals surface area contributed by atoms with Crippen LogP contribution in [0.1, 0.15) is 27.2 Å². The summed E-state index contributed by atoms with van der Waals surface area (Å²) in [5.74, 6) is -4.26. The molecule has 0 unspecified atom stereocenters. The van der Waals surface area contributed by atoms with Crippen LogP contribution in [0.15, 0.2) is 0 Å². The number of amides is 4. The van der Waals surface area contributed by atoms with E-state index in [1.165, 1.54) is 13.8 Å². The van der Waals surface area contributed by atoms with E-state index in [1.807, 2.05) is 0 Å². The van der Waals surface area contributed by atoms with Crippen LogP contribution in [0.25, 0.3) is 0 Å². The Balaban J connectivity index is 4.43. The molecule has 11 nitrogen and oxygen atoms in total.